The van der Waals surface area contributed by atoms with E-state index in [-0.39, 0.29) is 18.4 Å². The van der Waals surface area contributed by atoms with Gasteiger partial charge in [0, 0.05) is 44.1 Å². The molecule has 2 aliphatic rings. The van der Waals surface area contributed by atoms with Gasteiger partial charge in [-0.25, -0.2) is 0 Å². The number of hydrogen-bond acceptors (Lipinski definition) is 5. The number of piperidine rings is 1. The standard InChI is InChI=1S/C22H28N4O4/c1-29-18-7-3-6-17(20(18)30-2)14-24-11-4-8-22(21(24)28)9-13-25(16-22)19(27)15-26-12-5-10-23-26/h3,5-7,10,12H,4,8-9,11,13-16H2,1-2H3/t22-/m1/s1. The number of aromatic nitrogens is 2. The van der Waals surface area contributed by atoms with Crippen molar-refractivity contribution in [3.05, 3.63) is 42.2 Å². The highest BCUT2D eigenvalue weighted by molar-refractivity contribution is 5.86. The van der Waals surface area contributed by atoms with Gasteiger partial charge in [-0.2, -0.15) is 5.10 Å². The fourth-order valence-electron chi connectivity index (χ4n) is 4.68. The van der Waals surface area contributed by atoms with Crippen molar-refractivity contribution in [3.8, 4) is 11.5 Å². The third-order valence-electron chi connectivity index (χ3n) is 6.23. The van der Waals surface area contributed by atoms with E-state index < -0.39 is 5.41 Å². The summed E-state index contributed by atoms with van der Waals surface area (Å²) in [5, 5.41) is 4.11. The van der Waals surface area contributed by atoms with Crippen LogP contribution < -0.4 is 9.47 Å². The highest BCUT2D eigenvalue weighted by atomic mass is 16.5. The van der Waals surface area contributed by atoms with Crippen LogP contribution in [-0.4, -0.2) is 65.2 Å². The molecule has 4 rings (SSSR count). The molecule has 1 atom stereocenters. The third kappa shape index (κ3) is 3.74. The first-order valence-electron chi connectivity index (χ1n) is 10.3. The number of amides is 2. The first kappa shape index (κ1) is 20.3. The number of nitrogens with zero attached hydrogens (tertiary/aromatic N) is 4. The fourth-order valence-corrected chi connectivity index (χ4v) is 4.68. The molecule has 0 bridgehead atoms. The number of methoxy groups -OCH3 is 2. The molecule has 0 radical (unpaired) electrons. The van der Waals surface area contributed by atoms with Gasteiger partial charge in [-0.3, -0.25) is 14.3 Å². The Morgan fingerprint density at radius 2 is 2.03 bits per heavy atom. The van der Waals surface area contributed by atoms with E-state index in [0.29, 0.717) is 44.1 Å². The molecule has 0 unspecified atom stereocenters. The van der Waals surface area contributed by atoms with Gasteiger partial charge < -0.3 is 19.3 Å². The summed E-state index contributed by atoms with van der Waals surface area (Å²) in [6.45, 7) is 2.49. The predicted molar refractivity (Wildman–Crippen MR) is 110 cm³/mol. The van der Waals surface area contributed by atoms with Gasteiger partial charge in [0.15, 0.2) is 11.5 Å². The lowest BCUT2D eigenvalue weighted by molar-refractivity contribution is -0.147. The molecule has 2 amide bonds. The normalized spacial score (nSPS) is 21.3. The van der Waals surface area contributed by atoms with Gasteiger partial charge in [-0.05, 0) is 31.4 Å². The molecule has 2 fully saturated rings. The summed E-state index contributed by atoms with van der Waals surface area (Å²) in [4.78, 5) is 29.9. The van der Waals surface area contributed by atoms with Crippen molar-refractivity contribution in [2.75, 3.05) is 33.9 Å². The van der Waals surface area contributed by atoms with Crippen LogP contribution in [0.15, 0.2) is 36.7 Å². The molecular formula is C22H28N4O4. The fraction of sp³-hybridized carbons (Fsp3) is 0.500. The van der Waals surface area contributed by atoms with Gasteiger partial charge in [0.1, 0.15) is 6.54 Å². The maximum Gasteiger partial charge on any atom is 0.244 e. The minimum Gasteiger partial charge on any atom is -0.493 e. The van der Waals surface area contributed by atoms with E-state index in [2.05, 4.69) is 5.10 Å². The molecule has 0 aliphatic carbocycles. The molecule has 160 valence electrons. The molecule has 8 heteroatoms. The van der Waals surface area contributed by atoms with Crippen molar-refractivity contribution in [3.63, 3.8) is 0 Å². The minimum atomic E-state index is -0.482. The van der Waals surface area contributed by atoms with Gasteiger partial charge in [0.05, 0.1) is 19.6 Å². The Morgan fingerprint density at radius 1 is 1.17 bits per heavy atom. The van der Waals surface area contributed by atoms with E-state index >= 15 is 0 Å². The van der Waals surface area contributed by atoms with Crippen LogP contribution in [0, 0.1) is 5.41 Å². The summed E-state index contributed by atoms with van der Waals surface area (Å²) < 4.78 is 12.5. The number of carbonyl (C=O) groups is 2. The number of ether oxygens (including phenoxy) is 2. The molecule has 2 aromatic rings. The van der Waals surface area contributed by atoms with Gasteiger partial charge in [0.2, 0.25) is 11.8 Å². The Hall–Kier alpha value is -3.03. The molecule has 1 spiro atoms. The molecule has 0 saturated carbocycles. The SMILES string of the molecule is COc1cccc(CN2CCC[C@]3(CCN(C(=O)Cn4cccn4)C3)C2=O)c1OC. The minimum absolute atomic E-state index is 0.00923. The molecule has 2 aliphatic heterocycles. The van der Waals surface area contributed by atoms with Gasteiger partial charge in [-0.1, -0.05) is 12.1 Å². The first-order valence-corrected chi connectivity index (χ1v) is 10.3. The second-order valence-corrected chi connectivity index (χ2v) is 8.03. The van der Waals surface area contributed by atoms with E-state index in [1.807, 2.05) is 28.0 Å². The number of hydrogen-bond donors (Lipinski definition) is 0. The maximum absolute atomic E-state index is 13.5. The van der Waals surface area contributed by atoms with E-state index in [1.165, 1.54) is 0 Å². The van der Waals surface area contributed by atoms with Crippen molar-refractivity contribution >= 4 is 11.8 Å². The molecule has 3 heterocycles. The molecule has 1 aromatic heterocycles. The molecular weight excluding hydrogens is 384 g/mol. The second-order valence-electron chi connectivity index (χ2n) is 8.03. The zero-order valence-corrected chi connectivity index (χ0v) is 17.5. The van der Waals surface area contributed by atoms with E-state index in [4.69, 9.17) is 9.47 Å². The first-order chi connectivity index (χ1) is 14.6. The van der Waals surface area contributed by atoms with Crippen molar-refractivity contribution in [2.24, 2.45) is 5.41 Å². The van der Waals surface area contributed by atoms with Crippen molar-refractivity contribution in [2.45, 2.75) is 32.4 Å². The monoisotopic (exact) mass is 412 g/mol. The van der Waals surface area contributed by atoms with Gasteiger partial charge in [0.25, 0.3) is 0 Å². The molecule has 8 nitrogen and oxygen atoms in total. The van der Waals surface area contributed by atoms with Crippen LogP contribution in [-0.2, 0) is 22.7 Å². The summed E-state index contributed by atoms with van der Waals surface area (Å²) >= 11 is 0. The maximum atomic E-state index is 13.5. The van der Waals surface area contributed by atoms with Crippen LogP contribution in [0.25, 0.3) is 0 Å². The van der Waals surface area contributed by atoms with Gasteiger partial charge in [-0.15, -0.1) is 0 Å². The lowest BCUT2D eigenvalue weighted by atomic mass is 9.78. The van der Waals surface area contributed by atoms with Crippen LogP contribution in [0.2, 0.25) is 0 Å². The number of benzene rings is 1. The van der Waals surface area contributed by atoms with Gasteiger partial charge >= 0.3 is 0 Å². The third-order valence-corrected chi connectivity index (χ3v) is 6.23. The van der Waals surface area contributed by atoms with Crippen molar-refractivity contribution < 1.29 is 19.1 Å². The highest BCUT2D eigenvalue weighted by Crippen LogP contribution is 2.41. The Morgan fingerprint density at radius 3 is 2.77 bits per heavy atom. The van der Waals surface area contributed by atoms with E-state index in [0.717, 1.165) is 18.4 Å². The average molecular weight is 412 g/mol. The zero-order chi connectivity index (χ0) is 21.1. The summed E-state index contributed by atoms with van der Waals surface area (Å²) in [5.41, 5.74) is 0.441. The van der Waals surface area contributed by atoms with E-state index in [9.17, 15) is 9.59 Å². The summed E-state index contributed by atoms with van der Waals surface area (Å²) in [6, 6.07) is 7.52. The molecule has 0 N–H and O–H groups in total. The number of para-hydroxylation sites is 1. The zero-order valence-electron chi connectivity index (χ0n) is 17.5. The lowest BCUT2D eigenvalue weighted by Gasteiger charge is -2.39. The number of likely N-dealkylation sites (tertiary alicyclic amines) is 2. The number of rotatable bonds is 6. The molecule has 30 heavy (non-hydrogen) atoms. The Balaban J connectivity index is 1.47. The number of carbonyl (C=O) groups excluding carboxylic acids is 2. The van der Waals surface area contributed by atoms with E-state index in [1.54, 1.807) is 37.4 Å². The Labute approximate surface area is 176 Å². The Kier molecular flexibility index (Phi) is 5.65. The topological polar surface area (TPSA) is 76.9 Å². The second kappa shape index (κ2) is 8.38. The van der Waals surface area contributed by atoms with Crippen LogP contribution >= 0.6 is 0 Å². The van der Waals surface area contributed by atoms with Crippen molar-refractivity contribution in [1.82, 2.24) is 19.6 Å². The Bertz CT molecular complexity index is 914. The lowest BCUT2D eigenvalue weighted by Crippen LogP contribution is -2.50. The van der Waals surface area contributed by atoms with Crippen LogP contribution in [0.1, 0.15) is 24.8 Å². The quantitative estimate of drug-likeness (QED) is 0.725. The van der Waals surface area contributed by atoms with Crippen LogP contribution in [0.3, 0.4) is 0 Å². The highest BCUT2D eigenvalue weighted by Gasteiger charge is 2.49. The largest absolute Gasteiger partial charge is 0.493 e. The molecule has 1 aromatic carbocycles. The summed E-state index contributed by atoms with van der Waals surface area (Å²) in [6.07, 6.45) is 5.90. The summed E-state index contributed by atoms with van der Waals surface area (Å²) in [7, 11) is 3.22. The predicted octanol–water partition coefficient (Wildman–Crippen LogP) is 1.94. The summed E-state index contributed by atoms with van der Waals surface area (Å²) in [5.74, 6) is 1.46. The average Bonchev–Trinajstić information content (AvgIpc) is 3.42. The van der Waals surface area contributed by atoms with Crippen LogP contribution in [0.4, 0.5) is 0 Å². The van der Waals surface area contributed by atoms with Crippen molar-refractivity contribution in [1.29, 1.82) is 0 Å². The molecule has 2 saturated heterocycles. The smallest absolute Gasteiger partial charge is 0.244 e. The van der Waals surface area contributed by atoms with Crippen LogP contribution in [0.5, 0.6) is 11.5 Å².